The highest BCUT2D eigenvalue weighted by atomic mass is 32.2. The van der Waals surface area contributed by atoms with Gasteiger partial charge in [-0.1, -0.05) is 0 Å². The van der Waals surface area contributed by atoms with Gasteiger partial charge in [-0.3, -0.25) is 0 Å². The van der Waals surface area contributed by atoms with Crippen LogP contribution in [0.1, 0.15) is 12.0 Å². The van der Waals surface area contributed by atoms with E-state index in [-0.39, 0.29) is 0 Å². The van der Waals surface area contributed by atoms with E-state index in [1.807, 2.05) is 19.2 Å². The van der Waals surface area contributed by atoms with Gasteiger partial charge >= 0.3 is 0 Å². The zero-order valence-corrected chi connectivity index (χ0v) is 9.43. The van der Waals surface area contributed by atoms with Crippen LogP contribution in [0.2, 0.25) is 0 Å². The Labute approximate surface area is 89.1 Å². The van der Waals surface area contributed by atoms with E-state index in [1.54, 1.807) is 18.9 Å². The van der Waals surface area contributed by atoms with Crippen molar-refractivity contribution in [3.8, 4) is 0 Å². The van der Waals surface area contributed by atoms with E-state index in [0.29, 0.717) is 0 Å². The number of hydrogen-bond donors (Lipinski definition) is 1. The molecule has 0 saturated carbocycles. The molecule has 1 aromatic heterocycles. The molecule has 0 aromatic carbocycles. The zero-order valence-electron chi connectivity index (χ0n) is 8.62. The Balaban J connectivity index is 2.39. The van der Waals surface area contributed by atoms with Crippen LogP contribution in [0.5, 0.6) is 0 Å². The molecule has 0 spiro atoms. The molecule has 0 atom stereocenters. The van der Waals surface area contributed by atoms with Crippen LogP contribution in [0.15, 0.2) is 17.3 Å². The minimum absolute atomic E-state index is 0.800. The maximum Gasteiger partial charge on any atom is 0.0980 e. The van der Waals surface area contributed by atoms with Crippen molar-refractivity contribution in [2.75, 3.05) is 25.2 Å². The molecule has 4 heteroatoms. The van der Waals surface area contributed by atoms with Crippen LogP contribution in [-0.4, -0.2) is 24.5 Å². The smallest absolute Gasteiger partial charge is 0.0980 e. The van der Waals surface area contributed by atoms with Gasteiger partial charge in [0.2, 0.25) is 0 Å². The van der Waals surface area contributed by atoms with Crippen molar-refractivity contribution in [1.82, 2.24) is 4.98 Å². The lowest BCUT2D eigenvalue weighted by Crippen LogP contribution is -1.94. The molecule has 0 fully saturated rings. The minimum Gasteiger partial charge on any atom is -0.398 e. The first kappa shape index (κ1) is 11.3. The molecule has 78 valence electrons. The molecule has 1 rings (SSSR count). The predicted molar refractivity (Wildman–Crippen MR) is 60.6 cm³/mol. The number of hydrogen-bond acceptors (Lipinski definition) is 4. The number of rotatable bonds is 5. The third-order valence-corrected chi connectivity index (χ3v) is 2.87. The molecule has 0 aliphatic heterocycles. The van der Waals surface area contributed by atoms with Crippen molar-refractivity contribution >= 4 is 17.4 Å². The highest BCUT2D eigenvalue weighted by Crippen LogP contribution is 2.20. The molecule has 0 bridgehead atoms. The van der Waals surface area contributed by atoms with Crippen LogP contribution in [0, 0.1) is 6.92 Å². The Morgan fingerprint density at radius 1 is 1.57 bits per heavy atom. The summed E-state index contributed by atoms with van der Waals surface area (Å²) in [6.45, 7) is 2.76. The Bertz CT molecular complexity index is 291. The molecule has 0 unspecified atom stereocenters. The molecule has 3 nitrogen and oxygen atoms in total. The molecule has 14 heavy (non-hydrogen) atoms. The molecular weight excluding hydrogens is 196 g/mol. The Morgan fingerprint density at radius 2 is 2.36 bits per heavy atom. The molecule has 0 amide bonds. The number of nitrogens with two attached hydrogens (primary N) is 1. The summed E-state index contributed by atoms with van der Waals surface area (Å²) in [4.78, 5) is 4.28. The minimum atomic E-state index is 0.800. The molecule has 1 aromatic rings. The van der Waals surface area contributed by atoms with Gasteiger partial charge in [-0.25, -0.2) is 4.98 Å². The second-order valence-corrected chi connectivity index (χ2v) is 4.19. The van der Waals surface area contributed by atoms with Gasteiger partial charge in [0.25, 0.3) is 0 Å². The van der Waals surface area contributed by atoms with Crippen molar-refractivity contribution in [1.29, 1.82) is 0 Å². The van der Waals surface area contributed by atoms with E-state index in [2.05, 4.69) is 4.98 Å². The summed E-state index contributed by atoms with van der Waals surface area (Å²) < 4.78 is 4.96. The zero-order chi connectivity index (χ0) is 10.4. The normalized spacial score (nSPS) is 10.4. The van der Waals surface area contributed by atoms with E-state index < -0.39 is 0 Å². The maximum atomic E-state index is 5.77. The average Bonchev–Trinajstić information content (AvgIpc) is 2.18. The molecule has 2 N–H and O–H groups in total. The van der Waals surface area contributed by atoms with Crippen molar-refractivity contribution in [3.05, 3.63) is 17.8 Å². The number of thioether (sulfide) groups is 1. The largest absolute Gasteiger partial charge is 0.398 e. The van der Waals surface area contributed by atoms with Gasteiger partial charge in [0.1, 0.15) is 0 Å². The standard InChI is InChI=1S/C10H16N2OS/c1-8-7-12-10(6-9(8)11)14-5-3-4-13-2/h6-7H,3-5H2,1-2H3,(H2,11,12). The van der Waals surface area contributed by atoms with Gasteiger partial charge in [-0.2, -0.15) is 0 Å². The molecule has 0 aliphatic carbocycles. The molecule has 0 radical (unpaired) electrons. The van der Waals surface area contributed by atoms with Crippen LogP contribution >= 0.6 is 11.8 Å². The number of pyridine rings is 1. The maximum absolute atomic E-state index is 5.77. The first-order valence-electron chi connectivity index (χ1n) is 4.58. The van der Waals surface area contributed by atoms with E-state index in [4.69, 9.17) is 10.5 Å². The second-order valence-electron chi connectivity index (χ2n) is 3.07. The van der Waals surface area contributed by atoms with Gasteiger partial charge in [-0.05, 0) is 25.0 Å². The number of nitrogens with zero attached hydrogens (tertiary/aromatic N) is 1. The summed E-state index contributed by atoms with van der Waals surface area (Å²) in [5.41, 5.74) is 7.62. The Morgan fingerprint density at radius 3 is 3.00 bits per heavy atom. The molecule has 0 aliphatic rings. The Hall–Kier alpha value is -0.740. The van der Waals surface area contributed by atoms with E-state index >= 15 is 0 Å². The van der Waals surface area contributed by atoms with Crippen LogP contribution in [0.4, 0.5) is 5.69 Å². The van der Waals surface area contributed by atoms with Gasteiger partial charge in [0.15, 0.2) is 0 Å². The molecule has 0 saturated heterocycles. The fourth-order valence-corrected chi connectivity index (χ4v) is 1.79. The van der Waals surface area contributed by atoms with Crippen molar-refractivity contribution in [3.63, 3.8) is 0 Å². The van der Waals surface area contributed by atoms with E-state index in [9.17, 15) is 0 Å². The van der Waals surface area contributed by atoms with E-state index in [1.165, 1.54) is 0 Å². The van der Waals surface area contributed by atoms with Crippen LogP contribution in [0.3, 0.4) is 0 Å². The number of aryl methyl sites for hydroxylation is 1. The summed E-state index contributed by atoms with van der Waals surface area (Å²) in [6.07, 6.45) is 2.85. The van der Waals surface area contributed by atoms with Gasteiger partial charge < -0.3 is 10.5 Å². The van der Waals surface area contributed by atoms with Crippen LogP contribution in [-0.2, 0) is 4.74 Å². The summed E-state index contributed by atoms with van der Waals surface area (Å²) >= 11 is 1.71. The number of anilines is 1. The molecule has 1 heterocycles. The van der Waals surface area contributed by atoms with Gasteiger partial charge in [0, 0.05) is 31.4 Å². The van der Waals surface area contributed by atoms with Gasteiger partial charge in [0.05, 0.1) is 5.03 Å². The lowest BCUT2D eigenvalue weighted by Gasteiger charge is -2.03. The highest BCUT2D eigenvalue weighted by molar-refractivity contribution is 7.99. The third kappa shape index (κ3) is 3.55. The number of aromatic nitrogens is 1. The number of nitrogen functional groups attached to an aromatic ring is 1. The monoisotopic (exact) mass is 212 g/mol. The van der Waals surface area contributed by atoms with Crippen LogP contribution < -0.4 is 5.73 Å². The first-order valence-corrected chi connectivity index (χ1v) is 5.56. The SMILES string of the molecule is COCCCSc1cc(N)c(C)cn1. The fraction of sp³-hybridized carbons (Fsp3) is 0.500. The summed E-state index contributed by atoms with van der Waals surface area (Å²) in [7, 11) is 1.72. The third-order valence-electron chi connectivity index (χ3n) is 1.86. The highest BCUT2D eigenvalue weighted by Gasteiger charge is 1.98. The lowest BCUT2D eigenvalue weighted by molar-refractivity contribution is 0.200. The van der Waals surface area contributed by atoms with Crippen molar-refractivity contribution < 1.29 is 4.74 Å². The average molecular weight is 212 g/mol. The summed E-state index contributed by atoms with van der Waals surface area (Å²) in [5, 5.41) is 0.990. The van der Waals surface area contributed by atoms with E-state index in [0.717, 1.165) is 35.1 Å². The predicted octanol–water partition coefficient (Wildman–Crippen LogP) is 2.10. The summed E-state index contributed by atoms with van der Waals surface area (Å²) in [6, 6.07) is 1.92. The van der Waals surface area contributed by atoms with Crippen molar-refractivity contribution in [2.45, 2.75) is 18.4 Å². The topological polar surface area (TPSA) is 48.1 Å². The number of ether oxygens (including phenoxy) is 1. The Kier molecular flexibility index (Phi) is 4.76. The first-order chi connectivity index (χ1) is 6.74. The molecular formula is C10H16N2OS. The van der Waals surface area contributed by atoms with Gasteiger partial charge in [-0.15, -0.1) is 11.8 Å². The summed E-state index contributed by atoms with van der Waals surface area (Å²) in [5.74, 6) is 1.02. The van der Waals surface area contributed by atoms with Crippen molar-refractivity contribution in [2.24, 2.45) is 0 Å². The second kappa shape index (κ2) is 5.88. The number of methoxy groups -OCH3 is 1. The fourth-order valence-electron chi connectivity index (χ4n) is 0.978. The quantitative estimate of drug-likeness (QED) is 0.600. The lowest BCUT2D eigenvalue weighted by atomic mass is 10.3. The van der Waals surface area contributed by atoms with Crippen LogP contribution in [0.25, 0.3) is 0 Å².